The lowest BCUT2D eigenvalue weighted by Crippen LogP contribution is -2.43. The number of ether oxygens (including phenoxy) is 2. The van der Waals surface area contributed by atoms with Crippen LogP contribution in [0.4, 0.5) is 0 Å². The fourth-order valence-corrected chi connectivity index (χ4v) is 2.73. The highest BCUT2D eigenvalue weighted by Gasteiger charge is 2.24. The van der Waals surface area contributed by atoms with Crippen molar-refractivity contribution in [3.8, 4) is 11.5 Å². The number of likely N-dealkylation sites (tertiary alicyclic amines) is 1. The van der Waals surface area contributed by atoms with Crippen LogP contribution in [0.25, 0.3) is 0 Å². The molecule has 0 radical (unpaired) electrons. The number of fused-ring (bicyclic) bond motifs is 1. The highest BCUT2D eigenvalue weighted by atomic mass is 16.6. The van der Waals surface area contributed by atoms with E-state index in [1.54, 1.807) is 0 Å². The van der Waals surface area contributed by atoms with E-state index in [1.807, 2.05) is 23.1 Å². The summed E-state index contributed by atoms with van der Waals surface area (Å²) in [6.07, 6.45) is 2.71. The molecule has 5 heteroatoms. The Bertz CT molecular complexity index is 498. The molecule has 0 unspecified atom stereocenters. The van der Waals surface area contributed by atoms with Gasteiger partial charge in [0.05, 0.1) is 6.04 Å². The second-order valence-electron chi connectivity index (χ2n) is 5.32. The lowest BCUT2D eigenvalue weighted by Gasteiger charge is -2.22. The number of hydrogen-bond acceptors (Lipinski definition) is 4. The summed E-state index contributed by atoms with van der Waals surface area (Å²) in [5.41, 5.74) is 7.05. The van der Waals surface area contributed by atoms with E-state index in [-0.39, 0.29) is 5.91 Å². The maximum absolute atomic E-state index is 12.2. The number of rotatable bonds is 3. The van der Waals surface area contributed by atoms with Crippen molar-refractivity contribution >= 4 is 5.91 Å². The van der Waals surface area contributed by atoms with Gasteiger partial charge in [-0.1, -0.05) is 6.07 Å². The molecule has 0 aromatic heterocycles. The molecule has 0 saturated carbocycles. The van der Waals surface area contributed by atoms with Crippen molar-refractivity contribution < 1.29 is 14.3 Å². The standard InChI is InChI=1S/C15H20N2O3/c16-12(15(18)17-5-1-2-6-17)9-11-3-4-13-14(10-11)20-8-7-19-13/h3-4,10,12H,1-2,5-9,16H2/t12-/m1/s1. The molecule has 1 amide bonds. The Kier molecular flexibility index (Phi) is 3.78. The summed E-state index contributed by atoms with van der Waals surface area (Å²) in [4.78, 5) is 14.0. The summed E-state index contributed by atoms with van der Waals surface area (Å²) in [5.74, 6) is 1.56. The average molecular weight is 276 g/mol. The lowest BCUT2D eigenvalue weighted by molar-refractivity contribution is -0.131. The topological polar surface area (TPSA) is 64.8 Å². The first-order valence-corrected chi connectivity index (χ1v) is 7.17. The molecule has 0 bridgehead atoms. The molecule has 108 valence electrons. The van der Waals surface area contributed by atoms with Gasteiger partial charge in [0, 0.05) is 13.1 Å². The van der Waals surface area contributed by atoms with Crippen molar-refractivity contribution in [1.29, 1.82) is 0 Å². The molecule has 1 aromatic rings. The molecule has 0 aliphatic carbocycles. The molecule has 20 heavy (non-hydrogen) atoms. The van der Waals surface area contributed by atoms with E-state index >= 15 is 0 Å². The second kappa shape index (κ2) is 5.71. The molecule has 2 heterocycles. The fourth-order valence-electron chi connectivity index (χ4n) is 2.73. The lowest BCUT2D eigenvalue weighted by atomic mass is 10.0. The van der Waals surface area contributed by atoms with Crippen LogP contribution in [0.2, 0.25) is 0 Å². The molecule has 2 aliphatic heterocycles. The number of carbonyl (C=O) groups excluding carboxylic acids is 1. The minimum Gasteiger partial charge on any atom is -0.486 e. The molecule has 5 nitrogen and oxygen atoms in total. The van der Waals surface area contributed by atoms with Gasteiger partial charge in [0.25, 0.3) is 0 Å². The molecule has 0 spiro atoms. The van der Waals surface area contributed by atoms with Gasteiger partial charge in [-0.25, -0.2) is 0 Å². The van der Waals surface area contributed by atoms with Crippen LogP contribution >= 0.6 is 0 Å². The van der Waals surface area contributed by atoms with Crippen molar-refractivity contribution in [1.82, 2.24) is 4.90 Å². The van der Waals surface area contributed by atoms with E-state index < -0.39 is 6.04 Å². The van der Waals surface area contributed by atoms with Crippen molar-refractivity contribution in [3.05, 3.63) is 23.8 Å². The second-order valence-corrected chi connectivity index (χ2v) is 5.32. The molecule has 1 fully saturated rings. The molecule has 1 saturated heterocycles. The zero-order valence-electron chi connectivity index (χ0n) is 11.5. The van der Waals surface area contributed by atoms with Gasteiger partial charge in [-0.05, 0) is 37.0 Å². The highest BCUT2D eigenvalue weighted by molar-refractivity contribution is 5.82. The summed E-state index contributed by atoms with van der Waals surface area (Å²) in [7, 11) is 0. The third kappa shape index (κ3) is 2.72. The SMILES string of the molecule is N[C@H](Cc1ccc2c(c1)OCCO2)C(=O)N1CCCC1. The number of carbonyl (C=O) groups is 1. The van der Waals surface area contributed by atoms with Crippen molar-refractivity contribution in [2.24, 2.45) is 5.73 Å². The zero-order valence-corrected chi connectivity index (χ0v) is 11.5. The Morgan fingerprint density at radius 3 is 2.65 bits per heavy atom. The Balaban J connectivity index is 1.66. The number of nitrogens with two attached hydrogens (primary N) is 1. The maximum Gasteiger partial charge on any atom is 0.239 e. The minimum atomic E-state index is -0.476. The molecule has 1 aromatic carbocycles. The van der Waals surface area contributed by atoms with Gasteiger partial charge in [0.15, 0.2) is 11.5 Å². The summed E-state index contributed by atoms with van der Waals surface area (Å²) >= 11 is 0. The quantitative estimate of drug-likeness (QED) is 0.892. The first-order chi connectivity index (χ1) is 9.74. The Labute approximate surface area is 118 Å². The molecule has 2 aliphatic rings. The monoisotopic (exact) mass is 276 g/mol. The van der Waals surface area contributed by atoms with Crippen molar-refractivity contribution in [3.63, 3.8) is 0 Å². The van der Waals surface area contributed by atoms with E-state index in [1.165, 1.54) is 0 Å². The molecular formula is C15H20N2O3. The maximum atomic E-state index is 12.2. The number of amides is 1. The van der Waals surface area contributed by atoms with E-state index in [9.17, 15) is 4.79 Å². The first-order valence-electron chi connectivity index (χ1n) is 7.17. The van der Waals surface area contributed by atoms with Crippen LogP contribution in [-0.2, 0) is 11.2 Å². The highest BCUT2D eigenvalue weighted by Crippen LogP contribution is 2.31. The van der Waals surface area contributed by atoms with Crippen LogP contribution in [0, 0.1) is 0 Å². The Morgan fingerprint density at radius 2 is 1.90 bits per heavy atom. The van der Waals surface area contributed by atoms with Gasteiger partial charge in [-0.2, -0.15) is 0 Å². The van der Waals surface area contributed by atoms with Gasteiger partial charge >= 0.3 is 0 Å². The van der Waals surface area contributed by atoms with E-state index in [4.69, 9.17) is 15.2 Å². The third-order valence-corrected chi connectivity index (χ3v) is 3.80. The van der Waals surface area contributed by atoms with Crippen LogP contribution in [-0.4, -0.2) is 43.2 Å². The summed E-state index contributed by atoms with van der Waals surface area (Å²) in [6.45, 7) is 2.83. The van der Waals surface area contributed by atoms with E-state index in [0.29, 0.717) is 19.6 Å². The summed E-state index contributed by atoms with van der Waals surface area (Å²) < 4.78 is 11.0. The van der Waals surface area contributed by atoms with Crippen LogP contribution in [0.15, 0.2) is 18.2 Å². The molecule has 1 atom stereocenters. The predicted octanol–water partition coefficient (Wildman–Crippen LogP) is 0.950. The van der Waals surface area contributed by atoms with E-state index in [2.05, 4.69) is 0 Å². The van der Waals surface area contributed by atoms with Crippen molar-refractivity contribution in [2.75, 3.05) is 26.3 Å². The zero-order chi connectivity index (χ0) is 13.9. The number of nitrogens with zero attached hydrogens (tertiary/aromatic N) is 1. The Hall–Kier alpha value is -1.75. The first kappa shape index (κ1) is 13.2. The average Bonchev–Trinajstić information content (AvgIpc) is 3.00. The molecule has 3 rings (SSSR count). The van der Waals surface area contributed by atoms with Crippen LogP contribution < -0.4 is 15.2 Å². The van der Waals surface area contributed by atoms with Gasteiger partial charge in [-0.15, -0.1) is 0 Å². The van der Waals surface area contributed by atoms with Crippen molar-refractivity contribution in [2.45, 2.75) is 25.3 Å². The van der Waals surface area contributed by atoms with E-state index in [0.717, 1.165) is 43.0 Å². The number of hydrogen-bond donors (Lipinski definition) is 1. The van der Waals surface area contributed by atoms with Crippen LogP contribution in [0.5, 0.6) is 11.5 Å². The van der Waals surface area contributed by atoms with Crippen LogP contribution in [0.1, 0.15) is 18.4 Å². The normalized spacial score (nSPS) is 18.9. The summed E-state index contributed by atoms with van der Waals surface area (Å²) in [6, 6.07) is 5.28. The summed E-state index contributed by atoms with van der Waals surface area (Å²) in [5, 5.41) is 0. The largest absolute Gasteiger partial charge is 0.486 e. The van der Waals surface area contributed by atoms with Gasteiger partial charge in [-0.3, -0.25) is 4.79 Å². The number of benzene rings is 1. The predicted molar refractivity (Wildman–Crippen MR) is 74.9 cm³/mol. The third-order valence-electron chi connectivity index (χ3n) is 3.80. The molecular weight excluding hydrogens is 256 g/mol. The smallest absolute Gasteiger partial charge is 0.239 e. The Morgan fingerprint density at radius 1 is 1.20 bits per heavy atom. The van der Waals surface area contributed by atoms with Gasteiger partial charge in [0.1, 0.15) is 13.2 Å². The van der Waals surface area contributed by atoms with Gasteiger partial charge < -0.3 is 20.1 Å². The van der Waals surface area contributed by atoms with Gasteiger partial charge in [0.2, 0.25) is 5.91 Å². The molecule has 2 N–H and O–H groups in total. The fraction of sp³-hybridized carbons (Fsp3) is 0.533. The van der Waals surface area contributed by atoms with Crippen LogP contribution in [0.3, 0.4) is 0 Å². The minimum absolute atomic E-state index is 0.0531.